The summed E-state index contributed by atoms with van der Waals surface area (Å²) in [5.41, 5.74) is 4.61. The van der Waals surface area contributed by atoms with E-state index in [-0.39, 0.29) is 6.42 Å². The van der Waals surface area contributed by atoms with Gasteiger partial charge in [-0.05, 0) is 79.4 Å². The van der Waals surface area contributed by atoms with Crippen molar-refractivity contribution >= 4 is 71.5 Å². The number of nitrogens with zero attached hydrogens (tertiary/aromatic N) is 1. The largest absolute Gasteiger partial charge is 0.493 e. The number of para-hydroxylation sites is 1. The number of anilines is 1. The summed E-state index contributed by atoms with van der Waals surface area (Å²) >= 11 is 10.3. The molecule has 0 saturated carbocycles. The number of amides is 2. The Morgan fingerprint density at radius 1 is 0.971 bits per heavy atom. The monoisotopic (exact) mass is 651 g/mol. The number of benzene rings is 3. The molecule has 3 rings (SSSR count). The SMILES string of the molecule is COc1cc(C=NNC(=O)CC(=O)Nc2ccccc2Br)cc(Br)c1OCc1ccc(Br)cc1. The third kappa shape index (κ3) is 7.68. The summed E-state index contributed by atoms with van der Waals surface area (Å²) < 4.78 is 13.8. The fraction of sp³-hybridized carbons (Fsp3) is 0.125. The van der Waals surface area contributed by atoms with E-state index >= 15 is 0 Å². The molecule has 3 aromatic carbocycles. The van der Waals surface area contributed by atoms with Crippen LogP contribution < -0.4 is 20.2 Å². The smallest absolute Gasteiger partial charge is 0.249 e. The third-order valence-electron chi connectivity index (χ3n) is 4.42. The Bertz CT molecular complexity index is 1200. The molecule has 0 aliphatic carbocycles. The molecule has 0 spiro atoms. The van der Waals surface area contributed by atoms with E-state index in [2.05, 4.69) is 63.6 Å². The lowest BCUT2D eigenvalue weighted by Crippen LogP contribution is -2.24. The van der Waals surface area contributed by atoms with Crippen molar-refractivity contribution < 1.29 is 19.1 Å². The number of hydrogen-bond donors (Lipinski definition) is 2. The van der Waals surface area contributed by atoms with Crippen LogP contribution in [-0.4, -0.2) is 25.1 Å². The van der Waals surface area contributed by atoms with Crippen molar-refractivity contribution in [2.75, 3.05) is 12.4 Å². The van der Waals surface area contributed by atoms with Gasteiger partial charge in [0.1, 0.15) is 13.0 Å². The maximum Gasteiger partial charge on any atom is 0.249 e. The maximum absolute atomic E-state index is 12.1. The zero-order valence-corrected chi connectivity index (χ0v) is 22.7. The minimum atomic E-state index is -0.540. The van der Waals surface area contributed by atoms with Crippen molar-refractivity contribution in [3.63, 3.8) is 0 Å². The predicted octanol–water partition coefficient (Wildman–Crippen LogP) is 6.04. The van der Waals surface area contributed by atoms with Crippen LogP contribution in [0, 0.1) is 0 Å². The highest BCUT2D eigenvalue weighted by molar-refractivity contribution is 9.11. The molecule has 0 saturated heterocycles. The average Bonchev–Trinajstić information content (AvgIpc) is 2.80. The van der Waals surface area contributed by atoms with Crippen LogP contribution in [0.1, 0.15) is 17.5 Å². The summed E-state index contributed by atoms with van der Waals surface area (Å²) in [6.07, 6.45) is 1.09. The number of carbonyl (C=O) groups is 2. The molecular weight excluding hydrogens is 634 g/mol. The summed E-state index contributed by atoms with van der Waals surface area (Å²) in [5, 5.41) is 6.60. The Morgan fingerprint density at radius 3 is 2.41 bits per heavy atom. The lowest BCUT2D eigenvalue weighted by molar-refractivity contribution is -0.126. The second-order valence-electron chi connectivity index (χ2n) is 6.95. The predicted molar refractivity (Wildman–Crippen MR) is 142 cm³/mol. The van der Waals surface area contributed by atoms with Gasteiger partial charge in [0, 0.05) is 8.95 Å². The standard InChI is InChI=1S/C24H20Br3N3O4/c1-33-21-11-16(10-19(27)24(21)34-14-15-6-8-17(25)9-7-15)13-28-30-23(32)12-22(31)29-20-5-3-2-4-18(20)26/h2-11,13H,12,14H2,1H3,(H,29,31)(H,30,32). The minimum absolute atomic E-state index is 0.367. The number of hydrazone groups is 1. The van der Waals surface area contributed by atoms with E-state index in [4.69, 9.17) is 9.47 Å². The molecule has 0 aromatic heterocycles. The molecule has 0 bridgehead atoms. The number of halogens is 3. The Hall–Kier alpha value is -2.69. The molecule has 0 unspecified atom stereocenters. The lowest BCUT2D eigenvalue weighted by Gasteiger charge is -2.13. The van der Waals surface area contributed by atoms with E-state index in [0.717, 1.165) is 14.5 Å². The van der Waals surface area contributed by atoms with Gasteiger partial charge < -0.3 is 14.8 Å². The van der Waals surface area contributed by atoms with Gasteiger partial charge in [0.2, 0.25) is 11.8 Å². The molecule has 34 heavy (non-hydrogen) atoms. The van der Waals surface area contributed by atoms with Gasteiger partial charge in [0.05, 0.1) is 23.5 Å². The van der Waals surface area contributed by atoms with Gasteiger partial charge in [-0.25, -0.2) is 5.43 Å². The quantitative estimate of drug-likeness (QED) is 0.167. The summed E-state index contributed by atoms with van der Waals surface area (Å²) in [5.74, 6) is 0.0694. The van der Waals surface area contributed by atoms with Gasteiger partial charge in [-0.15, -0.1) is 0 Å². The Labute approximate surface area is 222 Å². The molecule has 2 N–H and O–H groups in total. The summed E-state index contributed by atoms with van der Waals surface area (Å²) in [6.45, 7) is 0.368. The highest BCUT2D eigenvalue weighted by atomic mass is 79.9. The average molecular weight is 654 g/mol. The Kier molecular flexibility index (Phi) is 9.67. The molecule has 0 aliphatic heterocycles. The first-order valence-electron chi connectivity index (χ1n) is 9.96. The van der Waals surface area contributed by atoms with Crippen molar-refractivity contribution in [3.05, 3.63) is 85.2 Å². The van der Waals surface area contributed by atoms with Gasteiger partial charge in [0.15, 0.2) is 11.5 Å². The number of hydrogen-bond acceptors (Lipinski definition) is 5. The zero-order valence-electron chi connectivity index (χ0n) is 18.0. The summed E-state index contributed by atoms with van der Waals surface area (Å²) in [7, 11) is 1.54. The van der Waals surface area contributed by atoms with Crippen LogP contribution in [0.3, 0.4) is 0 Å². The third-order valence-corrected chi connectivity index (χ3v) is 6.23. The lowest BCUT2D eigenvalue weighted by atomic mass is 10.2. The molecule has 3 aromatic rings. The normalized spacial score (nSPS) is 10.7. The molecule has 2 amide bonds. The van der Waals surface area contributed by atoms with Crippen LogP contribution in [0.2, 0.25) is 0 Å². The van der Waals surface area contributed by atoms with Crippen LogP contribution in [0.4, 0.5) is 5.69 Å². The zero-order chi connectivity index (χ0) is 24.5. The van der Waals surface area contributed by atoms with Crippen LogP contribution in [-0.2, 0) is 16.2 Å². The second-order valence-corrected chi connectivity index (χ2v) is 9.57. The van der Waals surface area contributed by atoms with Gasteiger partial charge in [-0.2, -0.15) is 5.10 Å². The van der Waals surface area contributed by atoms with E-state index in [9.17, 15) is 9.59 Å². The Balaban J connectivity index is 1.57. The first-order chi connectivity index (χ1) is 16.4. The number of methoxy groups -OCH3 is 1. The minimum Gasteiger partial charge on any atom is -0.493 e. The first-order valence-corrected chi connectivity index (χ1v) is 12.3. The molecule has 10 heteroatoms. The fourth-order valence-corrected chi connectivity index (χ4v) is 4.03. The number of ether oxygens (including phenoxy) is 2. The van der Waals surface area contributed by atoms with E-state index in [1.165, 1.54) is 6.21 Å². The molecule has 7 nitrogen and oxygen atoms in total. The van der Waals surface area contributed by atoms with Gasteiger partial charge in [-0.1, -0.05) is 40.2 Å². The van der Waals surface area contributed by atoms with Gasteiger partial charge in [-0.3, -0.25) is 9.59 Å². The van der Waals surface area contributed by atoms with Crippen LogP contribution in [0.5, 0.6) is 11.5 Å². The molecule has 0 aliphatic rings. The molecule has 0 heterocycles. The number of rotatable bonds is 9. The van der Waals surface area contributed by atoms with Crippen molar-refractivity contribution in [1.82, 2.24) is 5.43 Å². The number of nitrogens with one attached hydrogen (secondary N) is 2. The molecule has 176 valence electrons. The van der Waals surface area contributed by atoms with E-state index in [1.54, 1.807) is 37.4 Å². The van der Waals surface area contributed by atoms with Crippen LogP contribution in [0.15, 0.2) is 79.2 Å². The van der Waals surface area contributed by atoms with Crippen molar-refractivity contribution in [2.45, 2.75) is 13.0 Å². The Morgan fingerprint density at radius 2 is 1.71 bits per heavy atom. The van der Waals surface area contributed by atoms with Crippen molar-refractivity contribution in [3.8, 4) is 11.5 Å². The van der Waals surface area contributed by atoms with Gasteiger partial charge in [0.25, 0.3) is 0 Å². The van der Waals surface area contributed by atoms with E-state index in [1.807, 2.05) is 30.3 Å². The second kappa shape index (κ2) is 12.7. The van der Waals surface area contributed by atoms with E-state index < -0.39 is 11.8 Å². The molecular formula is C24H20Br3N3O4. The summed E-state index contributed by atoms with van der Waals surface area (Å²) in [6, 6.07) is 18.5. The van der Waals surface area contributed by atoms with Crippen LogP contribution in [0.25, 0.3) is 0 Å². The van der Waals surface area contributed by atoms with Crippen molar-refractivity contribution in [1.29, 1.82) is 0 Å². The molecule has 0 radical (unpaired) electrons. The molecule has 0 atom stereocenters. The highest BCUT2D eigenvalue weighted by Gasteiger charge is 2.13. The summed E-state index contributed by atoms with van der Waals surface area (Å²) in [4.78, 5) is 24.1. The fourth-order valence-electron chi connectivity index (χ4n) is 2.81. The van der Waals surface area contributed by atoms with Gasteiger partial charge >= 0.3 is 0 Å². The number of carbonyl (C=O) groups excluding carboxylic acids is 2. The topological polar surface area (TPSA) is 89.0 Å². The first kappa shape index (κ1) is 25.9. The van der Waals surface area contributed by atoms with Crippen LogP contribution >= 0.6 is 47.8 Å². The highest BCUT2D eigenvalue weighted by Crippen LogP contribution is 2.37. The van der Waals surface area contributed by atoms with Crippen molar-refractivity contribution in [2.24, 2.45) is 5.10 Å². The molecule has 0 fully saturated rings. The maximum atomic E-state index is 12.1. The van der Waals surface area contributed by atoms with E-state index in [0.29, 0.717) is 33.8 Å².